The largest absolute Gasteiger partial charge is 0.481 e. The lowest BCUT2D eigenvalue weighted by Gasteiger charge is -2.39. The van der Waals surface area contributed by atoms with Crippen molar-refractivity contribution in [2.24, 2.45) is 0 Å². The van der Waals surface area contributed by atoms with Crippen molar-refractivity contribution in [3.05, 3.63) is 12.2 Å². The Morgan fingerprint density at radius 1 is 0.439 bits per heavy atom. The van der Waals surface area contributed by atoms with E-state index >= 15 is 0 Å². The van der Waals surface area contributed by atoms with Gasteiger partial charge in [-0.25, -0.2) is 0 Å². The number of unbranched alkanes of at least 4 members (excludes halogenated alkanes) is 16. The van der Waals surface area contributed by atoms with E-state index in [-0.39, 0.29) is 19.3 Å². The van der Waals surface area contributed by atoms with Crippen molar-refractivity contribution in [1.82, 2.24) is 0 Å². The van der Waals surface area contributed by atoms with Crippen molar-refractivity contribution in [3.8, 4) is 0 Å². The molecular formula is C34H64NO6+. The van der Waals surface area contributed by atoms with Crippen molar-refractivity contribution >= 4 is 17.9 Å². The molecule has 3 N–H and O–H groups in total. The van der Waals surface area contributed by atoms with Crippen LogP contribution in [0.3, 0.4) is 0 Å². The molecule has 0 aliphatic carbocycles. The van der Waals surface area contributed by atoms with Crippen LogP contribution in [0.5, 0.6) is 0 Å². The number of hydrogen-bond acceptors (Lipinski definition) is 3. The van der Waals surface area contributed by atoms with Gasteiger partial charge >= 0.3 is 17.9 Å². The molecule has 0 bridgehead atoms. The number of carboxylic acids is 3. The minimum Gasteiger partial charge on any atom is -0.481 e. The summed E-state index contributed by atoms with van der Waals surface area (Å²) < 4.78 is 0.594. The molecule has 0 saturated carbocycles. The maximum absolute atomic E-state index is 11.1. The molecule has 0 saturated heterocycles. The zero-order valence-corrected chi connectivity index (χ0v) is 26.5. The average Bonchev–Trinajstić information content (AvgIpc) is 2.91. The number of carboxylic acid groups (broad SMARTS) is 3. The maximum Gasteiger partial charge on any atom is 0.303 e. The molecule has 0 aromatic heterocycles. The zero-order valence-electron chi connectivity index (χ0n) is 26.5. The first-order chi connectivity index (χ1) is 19.8. The average molecular weight is 583 g/mol. The Morgan fingerprint density at radius 3 is 1.10 bits per heavy atom. The SMILES string of the molecule is CCCCCCCCCCCCCCCCCC/C=C/CC[N+](CCCC(=O)O)(CCCC(=O)O)CCCC(=O)O. The number of aliphatic carboxylic acids is 3. The van der Waals surface area contributed by atoms with Gasteiger partial charge in [0.15, 0.2) is 0 Å². The fraction of sp³-hybridized carbons (Fsp3) is 0.853. The zero-order chi connectivity index (χ0) is 30.4. The van der Waals surface area contributed by atoms with Gasteiger partial charge in [0, 0.05) is 25.7 Å². The van der Waals surface area contributed by atoms with Crippen molar-refractivity contribution in [3.63, 3.8) is 0 Å². The molecule has 0 rings (SSSR count). The van der Waals surface area contributed by atoms with Gasteiger partial charge in [0.2, 0.25) is 0 Å². The summed E-state index contributed by atoms with van der Waals surface area (Å²) in [6.07, 6.45) is 30.0. The Morgan fingerprint density at radius 2 is 0.756 bits per heavy atom. The molecular weight excluding hydrogens is 518 g/mol. The van der Waals surface area contributed by atoms with Gasteiger partial charge in [-0.1, -0.05) is 115 Å². The van der Waals surface area contributed by atoms with Crippen molar-refractivity contribution in [2.45, 2.75) is 161 Å². The maximum atomic E-state index is 11.1. The fourth-order valence-electron chi connectivity index (χ4n) is 5.76. The number of carbonyl (C=O) groups is 3. The Kier molecular flexibility index (Phi) is 26.9. The van der Waals surface area contributed by atoms with E-state index in [1.54, 1.807) is 0 Å². The predicted molar refractivity (Wildman–Crippen MR) is 168 cm³/mol. The van der Waals surface area contributed by atoms with Crippen LogP contribution in [0.15, 0.2) is 12.2 Å². The molecule has 0 aliphatic heterocycles. The third-order valence-corrected chi connectivity index (χ3v) is 8.23. The van der Waals surface area contributed by atoms with Crippen molar-refractivity contribution in [1.29, 1.82) is 0 Å². The molecule has 0 aliphatic rings. The predicted octanol–water partition coefficient (Wildman–Crippen LogP) is 9.00. The van der Waals surface area contributed by atoms with Crippen LogP contribution >= 0.6 is 0 Å². The molecule has 7 nitrogen and oxygen atoms in total. The lowest BCUT2D eigenvalue weighted by molar-refractivity contribution is -0.928. The van der Waals surface area contributed by atoms with Crippen LogP contribution in [0.2, 0.25) is 0 Å². The quantitative estimate of drug-likeness (QED) is 0.0414. The second kappa shape index (κ2) is 28.2. The summed E-state index contributed by atoms with van der Waals surface area (Å²) in [5, 5.41) is 27.3. The molecule has 0 spiro atoms. The number of rotatable bonds is 32. The van der Waals surface area contributed by atoms with Gasteiger partial charge in [-0.15, -0.1) is 0 Å². The van der Waals surface area contributed by atoms with Gasteiger partial charge in [-0.05, 0) is 12.8 Å². The van der Waals surface area contributed by atoms with Crippen LogP contribution in [0.25, 0.3) is 0 Å². The standard InChI is InChI=1S/C34H63NO6/c1-2-3-4-5-6-7-8-9-10-11-12-13-14-15-16-17-18-19-20-21-28-35(29-22-25-32(36)37,30-23-26-33(38)39)31-24-27-34(40)41/h19-20H,2-18,21-31H2,1H3,(H2-,36,37,38,39,40,41)/p+1/b20-19+. The van der Waals surface area contributed by atoms with Crippen molar-refractivity contribution in [2.75, 3.05) is 26.2 Å². The lowest BCUT2D eigenvalue weighted by Crippen LogP contribution is -2.51. The molecule has 41 heavy (non-hydrogen) atoms. The Hall–Kier alpha value is -1.89. The Bertz CT molecular complexity index is 628. The number of quaternary nitrogens is 1. The molecule has 0 amide bonds. The minimum absolute atomic E-state index is 0.0763. The van der Waals surface area contributed by atoms with E-state index in [2.05, 4.69) is 19.1 Å². The summed E-state index contributed by atoms with van der Waals surface area (Å²) in [6, 6.07) is 0. The van der Waals surface area contributed by atoms with Gasteiger partial charge in [0.25, 0.3) is 0 Å². The van der Waals surface area contributed by atoms with Crippen LogP contribution in [0.4, 0.5) is 0 Å². The summed E-state index contributed by atoms with van der Waals surface area (Å²) in [7, 11) is 0. The van der Waals surface area contributed by atoms with E-state index in [1.807, 2.05) is 0 Å². The number of hydrogen-bond donors (Lipinski definition) is 3. The first-order valence-electron chi connectivity index (χ1n) is 17.0. The molecule has 0 aromatic rings. The molecule has 0 fully saturated rings. The molecule has 0 atom stereocenters. The van der Waals surface area contributed by atoms with Crippen LogP contribution in [-0.4, -0.2) is 63.9 Å². The second-order valence-corrected chi connectivity index (χ2v) is 12.1. The van der Waals surface area contributed by atoms with Gasteiger partial charge in [-0.2, -0.15) is 0 Å². The van der Waals surface area contributed by atoms with Gasteiger partial charge in [0.05, 0.1) is 45.4 Å². The fourth-order valence-corrected chi connectivity index (χ4v) is 5.76. The minimum atomic E-state index is -0.835. The van der Waals surface area contributed by atoms with E-state index < -0.39 is 17.9 Å². The molecule has 7 heteroatoms. The molecule has 0 unspecified atom stereocenters. The summed E-state index contributed by atoms with van der Waals surface area (Å²) >= 11 is 0. The monoisotopic (exact) mass is 582 g/mol. The highest BCUT2D eigenvalue weighted by molar-refractivity contribution is 5.67. The molecule has 240 valence electrons. The number of nitrogens with zero attached hydrogens (tertiary/aromatic N) is 1. The van der Waals surface area contributed by atoms with E-state index in [1.165, 1.54) is 103 Å². The first kappa shape index (κ1) is 39.1. The first-order valence-corrected chi connectivity index (χ1v) is 17.0. The Balaban J connectivity index is 4.14. The summed E-state index contributed by atoms with van der Waals surface area (Å²) in [5.41, 5.74) is 0. The van der Waals surface area contributed by atoms with Gasteiger partial charge in [0.1, 0.15) is 0 Å². The third kappa shape index (κ3) is 28.0. The van der Waals surface area contributed by atoms with Crippen LogP contribution < -0.4 is 0 Å². The highest BCUT2D eigenvalue weighted by Crippen LogP contribution is 2.18. The van der Waals surface area contributed by atoms with Gasteiger partial charge in [-0.3, -0.25) is 14.4 Å². The number of allylic oxidation sites excluding steroid dienone is 1. The van der Waals surface area contributed by atoms with E-state index in [0.717, 1.165) is 19.4 Å². The topological polar surface area (TPSA) is 112 Å². The van der Waals surface area contributed by atoms with E-state index in [0.29, 0.717) is 43.4 Å². The molecule has 0 aromatic carbocycles. The smallest absolute Gasteiger partial charge is 0.303 e. The lowest BCUT2D eigenvalue weighted by atomic mass is 10.0. The van der Waals surface area contributed by atoms with E-state index in [9.17, 15) is 14.4 Å². The molecule has 0 radical (unpaired) electrons. The van der Waals surface area contributed by atoms with Crippen LogP contribution in [0.1, 0.15) is 161 Å². The van der Waals surface area contributed by atoms with Gasteiger partial charge < -0.3 is 19.8 Å². The molecule has 0 heterocycles. The normalized spacial score (nSPS) is 11.8. The Labute approximate surface area is 251 Å². The van der Waals surface area contributed by atoms with Crippen molar-refractivity contribution < 1.29 is 34.2 Å². The van der Waals surface area contributed by atoms with Crippen LogP contribution in [0, 0.1) is 0 Å². The third-order valence-electron chi connectivity index (χ3n) is 8.23. The van der Waals surface area contributed by atoms with E-state index in [4.69, 9.17) is 15.3 Å². The highest BCUT2D eigenvalue weighted by Gasteiger charge is 2.27. The second-order valence-electron chi connectivity index (χ2n) is 12.1. The summed E-state index contributed by atoms with van der Waals surface area (Å²) in [6.45, 7) is 4.97. The summed E-state index contributed by atoms with van der Waals surface area (Å²) in [4.78, 5) is 33.2. The highest BCUT2D eigenvalue weighted by atomic mass is 16.4. The van der Waals surface area contributed by atoms with Crippen LogP contribution in [-0.2, 0) is 14.4 Å². The summed E-state index contributed by atoms with van der Waals surface area (Å²) in [5.74, 6) is -2.51.